The van der Waals surface area contributed by atoms with Gasteiger partial charge in [0.2, 0.25) is 0 Å². The zero-order chi connectivity index (χ0) is 14.7. The molecule has 3 aliphatic carbocycles. The molecule has 4 heteroatoms. The van der Waals surface area contributed by atoms with Crippen molar-refractivity contribution in [1.82, 2.24) is 0 Å². The molecule has 0 nitrogen and oxygen atoms in total. The van der Waals surface area contributed by atoms with E-state index in [-0.39, 0.29) is 17.3 Å². The quantitative estimate of drug-likeness (QED) is 0.542. The van der Waals surface area contributed by atoms with Crippen LogP contribution in [0.2, 0.25) is 3.63 Å². The molecule has 6 unspecified atom stereocenters. The number of fused-ring (bicyclic) bond motifs is 6. The Kier molecular flexibility index (Phi) is 5.43. The van der Waals surface area contributed by atoms with Crippen molar-refractivity contribution in [2.45, 2.75) is 26.3 Å². The van der Waals surface area contributed by atoms with E-state index in [0.29, 0.717) is 0 Å². The first-order valence-corrected chi connectivity index (χ1v) is 13.0. The molecule has 0 aromatic heterocycles. The number of rotatable bonds is 1. The molecule has 1 heterocycles. The van der Waals surface area contributed by atoms with E-state index in [2.05, 4.69) is 61.6 Å². The van der Waals surface area contributed by atoms with Gasteiger partial charge in [0.15, 0.2) is 0 Å². The topological polar surface area (TPSA) is 0 Å². The van der Waals surface area contributed by atoms with Gasteiger partial charge in [0.05, 0.1) is 0 Å². The molecule has 0 bridgehead atoms. The Morgan fingerprint density at radius 3 is 2.75 bits per heavy atom. The fourth-order valence-corrected chi connectivity index (χ4v) is 16.6. The van der Waals surface area contributed by atoms with E-state index in [9.17, 15) is 0 Å². The van der Waals surface area contributed by atoms with E-state index in [0.717, 1.165) is 24.7 Å². The smallest absolute Gasteiger partial charge is 1.00 e. The Balaban J connectivity index is 0.000000845. The monoisotopic (exact) mass is 420 g/mol. The maximum atomic E-state index is 2.61. The Morgan fingerprint density at radius 1 is 1.12 bits per heavy atom. The fraction of sp³-hybridized carbons (Fsp3) is 0.400. The normalized spacial score (nSPS) is 36.6. The van der Waals surface area contributed by atoms with E-state index in [4.69, 9.17) is 0 Å². The third-order valence-electron chi connectivity index (χ3n) is 5.98. The molecule has 1 aromatic rings. The maximum absolute atomic E-state index is 2.61. The van der Waals surface area contributed by atoms with Gasteiger partial charge >= 0.3 is 146 Å². The van der Waals surface area contributed by atoms with Gasteiger partial charge in [-0.3, -0.25) is 0 Å². The summed E-state index contributed by atoms with van der Waals surface area (Å²) in [6.07, 6.45) is 15.2. The summed E-state index contributed by atoms with van der Waals surface area (Å²) in [6.45, 7) is 2.45. The second-order valence-corrected chi connectivity index (χ2v) is 13.6. The van der Waals surface area contributed by atoms with Gasteiger partial charge in [-0.05, 0) is 0 Å². The average molecular weight is 422 g/mol. The van der Waals surface area contributed by atoms with Gasteiger partial charge in [-0.15, -0.1) is 0 Å². The Bertz CT molecular complexity index is 711. The molecule has 0 spiro atoms. The molecule has 0 radical (unpaired) electrons. The van der Waals surface area contributed by atoms with E-state index in [1.165, 1.54) is 12.6 Å². The van der Waals surface area contributed by atoms with Crippen LogP contribution < -0.4 is 9.41 Å². The Labute approximate surface area is 155 Å². The van der Waals surface area contributed by atoms with Crippen LogP contribution in [-0.4, -0.2) is 11.8 Å². The molecule has 2 fully saturated rings. The molecule has 4 aliphatic rings. The van der Waals surface area contributed by atoms with Crippen LogP contribution in [0.5, 0.6) is 0 Å². The molecule has 5 rings (SSSR count). The van der Waals surface area contributed by atoms with Crippen LogP contribution >= 0.6 is 7.92 Å². The van der Waals surface area contributed by atoms with Gasteiger partial charge in [-0.1, -0.05) is 0 Å². The number of hydrogen-bond donors (Lipinski definition) is 0. The van der Waals surface area contributed by atoms with Gasteiger partial charge in [0.25, 0.3) is 0 Å². The van der Waals surface area contributed by atoms with Crippen molar-refractivity contribution < 1.29 is 32.6 Å². The number of benzene rings is 1. The van der Waals surface area contributed by atoms with Crippen LogP contribution in [0.15, 0.2) is 53.9 Å². The van der Waals surface area contributed by atoms with Crippen molar-refractivity contribution in [3.8, 4) is 0 Å². The summed E-state index contributed by atoms with van der Waals surface area (Å²) < 4.78 is 2.00. The van der Waals surface area contributed by atoms with Crippen LogP contribution in [0.4, 0.5) is 0 Å². The predicted octanol–water partition coefficient (Wildman–Crippen LogP) is -0.393. The molecule has 1 saturated heterocycles. The Hall–Kier alpha value is -0.387. The minimum Gasteiger partial charge on any atom is -1.00 e. The van der Waals surface area contributed by atoms with E-state index in [1.807, 2.05) is 5.31 Å². The first-order valence-electron chi connectivity index (χ1n) is 8.55. The zero-order valence-electron chi connectivity index (χ0n) is 13.7. The summed E-state index contributed by atoms with van der Waals surface area (Å²) in [4.78, 5) is 0. The van der Waals surface area contributed by atoms with Crippen LogP contribution in [0.1, 0.15) is 28.1 Å². The van der Waals surface area contributed by atoms with Gasteiger partial charge in [0.1, 0.15) is 0 Å². The summed E-state index contributed by atoms with van der Waals surface area (Å²) in [6, 6.07) is 9.26. The molecule has 1 aliphatic heterocycles. The van der Waals surface area contributed by atoms with E-state index >= 15 is 0 Å². The van der Waals surface area contributed by atoms with Gasteiger partial charge in [-0.25, -0.2) is 0 Å². The standard InChI is InChI=1S/C20H21P.2FH.Zr/c1-2-21(19-11-15-7-3-4-8-16(15)12-19)20-13-17-9-5-6-10-18(17)14-20;;;/h3-13,17-18,20H,2,14H2,1H3;2*1H;/q;;;+2/p-2. The maximum Gasteiger partial charge on any atom is -1.00 e. The second-order valence-electron chi connectivity index (χ2n) is 6.92. The third kappa shape index (κ3) is 2.58. The van der Waals surface area contributed by atoms with Crippen LogP contribution in [0.3, 0.4) is 0 Å². The van der Waals surface area contributed by atoms with Crippen LogP contribution in [0.25, 0.3) is 6.08 Å². The molecule has 1 aromatic carbocycles. The first kappa shape index (κ1) is 18.4. The van der Waals surface area contributed by atoms with E-state index in [1.54, 1.807) is 11.1 Å². The van der Waals surface area contributed by atoms with Crippen molar-refractivity contribution in [1.29, 1.82) is 0 Å². The largest absolute Gasteiger partial charge is 1.00 e. The van der Waals surface area contributed by atoms with Crippen LogP contribution in [-0.2, 0) is 23.2 Å². The SMILES string of the molecule is CCP1C2=Cc3ccccc3[CH]2[Zr+2][CH]2C3C=CC=CC3CC21.[F-].[F-]. The third-order valence-corrected chi connectivity index (χ3v) is 15.6. The number of allylic oxidation sites excluding steroid dienone is 5. The first-order chi connectivity index (χ1) is 10.9. The molecular formula is C20H21F2PZr. The van der Waals surface area contributed by atoms with E-state index < -0.39 is 23.2 Å². The number of halogens is 2. The second kappa shape index (κ2) is 7.08. The molecule has 124 valence electrons. The molecule has 0 amide bonds. The van der Waals surface area contributed by atoms with Crippen molar-refractivity contribution in [2.24, 2.45) is 11.8 Å². The Morgan fingerprint density at radius 2 is 1.92 bits per heavy atom. The van der Waals surface area contributed by atoms with Gasteiger partial charge in [0, 0.05) is 0 Å². The van der Waals surface area contributed by atoms with Gasteiger partial charge in [-0.2, -0.15) is 0 Å². The van der Waals surface area contributed by atoms with Crippen molar-refractivity contribution in [3.05, 3.63) is 65.0 Å². The summed E-state index contributed by atoms with van der Waals surface area (Å²) in [7, 11) is 0.102. The average Bonchev–Trinajstić information content (AvgIpc) is 3.11. The molecular weight excluding hydrogens is 400 g/mol. The fourth-order valence-electron chi connectivity index (χ4n) is 5.05. The summed E-state index contributed by atoms with van der Waals surface area (Å²) in [5.41, 5.74) is 4.30. The summed E-state index contributed by atoms with van der Waals surface area (Å²) in [5.74, 6) is 1.76. The predicted molar refractivity (Wildman–Crippen MR) is 92.0 cm³/mol. The molecule has 6 atom stereocenters. The molecule has 24 heavy (non-hydrogen) atoms. The minimum absolute atomic E-state index is 0. The van der Waals surface area contributed by atoms with Crippen LogP contribution in [0, 0.1) is 11.8 Å². The van der Waals surface area contributed by atoms with Gasteiger partial charge < -0.3 is 9.41 Å². The zero-order valence-corrected chi connectivity index (χ0v) is 17.1. The molecule has 0 N–H and O–H groups in total. The summed E-state index contributed by atoms with van der Waals surface area (Å²) in [5, 5.41) is 1.90. The number of hydrogen-bond acceptors (Lipinski definition) is 0. The minimum atomic E-state index is -0.418. The van der Waals surface area contributed by atoms with Crippen molar-refractivity contribution in [2.75, 3.05) is 6.16 Å². The molecule has 1 saturated carbocycles. The summed E-state index contributed by atoms with van der Waals surface area (Å²) >= 11 is -0.418. The van der Waals surface area contributed by atoms with Crippen molar-refractivity contribution >= 4 is 14.0 Å². The van der Waals surface area contributed by atoms with Crippen molar-refractivity contribution in [3.63, 3.8) is 0 Å².